The zero-order valence-corrected chi connectivity index (χ0v) is 24.2. The van der Waals surface area contributed by atoms with E-state index in [1.54, 1.807) is 20.8 Å². The second-order valence-electron chi connectivity index (χ2n) is 12.3. The number of carboxylic acid groups (broad SMARTS) is 1. The SMILES string of the molecule is CC(C)(C)OC(=O)N1CCC2(CC(NC(=O)OCC3c4ccccc4-c4ccccc43)c3cc(F)c(C(=O)O)cc3O2)C1. The fraction of sp³-hybridized carbons (Fsp3) is 0.364. The van der Waals surface area contributed by atoms with Crippen molar-refractivity contribution in [3.8, 4) is 16.9 Å². The lowest BCUT2D eigenvalue weighted by Gasteiger charge is -2.40. The highest BCUT2D eigenvalue weighted by Crippen LogP contribution is 2.46. The van der Waals surface area contributed by atoms with E-state index in [4.69, 9.17) is 14.2 Å². The fourth-order valence-corrected chi connectivity index (χ4v) is 6.34. The van der Waals surface area contributed by atoms with Crippen LogP contribution in [0.2, 0.25) is 0 Å². The van der Waals surface area contributed by atoms with E-state index >= 15 is 0 Å². The Kier molecular flexibility index (Phi) is 7.02. The molecule has 6 rings (SSSR count). The summed E-state index contributed by atoms with van der Waals surface area (Å²) in [5.74, 6) is -2.38. The van der Waals surface area contributed by atoms with Crippen molar-refractivity contribution >= 4 is 18.2 Å². The lowest BCUT2D eigenvalue weighted by Crippen LogP contribution is -2.48. The predicted octanol–water partition coefficient (Wildman–Crippen LogP) is 6.27. The molecule has 3 aliphatic rings. The molecule has 2 unspecified atom stereocenters. The average Bonchev–Trinajstić information content (AvgIpc) is 3.50. The van der Waals surface area contributed by atoms with Gasteiger partial charge < -0.3 is 29.5 Å². The van der Waals surface area contributed by atoms with Gasteiger partial charge in [0.25, 0.3) is 0 Å². The summed E-state index contributed by atoms with van der Waals surface area (Å²) in [6.07, 6.45) is -0.561. The minimum absolute atomic E-state index is 0.0970. The molecule has 10 heteroatoms. The highest BCUT2D eigenvalue weighted by atomic mass is 19.1. The molecular weight excluding hydrogens is 555 g/mol. The van der Waals surface area contributed by atoms with Crippen LogP contribution in [0.3, 0.4) is 0 Å². The lowest BCUT2D eigenvalue weighted by molar-refractivity contribution is 0.0123. The van der Waals surface area contributed by atoms with Crippen molar-refractivity contribution in [1.29, 1.82) is 0 Å². The van der Waals surface area contributed by atoms with Crippen molar-refractivity contribution in [2.75, 3.05) is 19.7 Å². The molecule has 1 spiro atoms. The Morgan fingerprint density at radius 2 is 1.70 bits per heavy atom. The van der Waals surface area contributed by atoms with Crippen LogP contribution >= 0.6 is 0 Å². The number of aromatic carboxylic acids is 1. The molecule has 1 saturated heterocycles. The second kappa shape index (κ2) is 10.6. The molecule has 0 radical (unpaired) electrons. The normalized spacial score (nSPS) is 20.6. The molecule has 224 valence electrons. The number of hydrogen-bond acceptors (Lipinski definition) is 6. The summed E-state index contributed by atoms with van der Waals surface area (Å²) in [5.41, 5.74) is 2.48. The number of benzene rings is 3. The number of rotatable bonds is 4. The number of alkyl carbamates (subject to hydrolysis) is 1. The number of ether oxygens (including phenoxy) is 3. The van der Waals surface area contributed by atoms with Crippen molar-refractivity contribution < 1.29 is 38.1 Å². The van der Waals surface area contributed by atoms with Crippen LogP contribution in [0.15, 0.2) is 60.7 Å². The standard InChI is InChI=1S/C33H33FN2O7/c1-32(2,3)43-31(40)36-13-12-33(18-36)16-27(24-14-26(34)23(29(37)38)15-28(24)42-33)35-30(39)41-17-25-21-10-6-4-8-19(21)20-9-5-7-11-22(20)25/h4-11,14-15,25,27H,12-13,16-18H2,1-3H3,(H,35,39)(H,37,38). The molecule has 0 aromatic heterocycles. The van der Waals surface area contributed by atoms with Crippen molar-refractivity contribution in [3.05, 3.63) is 88.7 Å². The number of hydrogen-bond donors (Lipinski definition) is 2. The fourth-order valence-electron chi connectivity index (χ4n) is 6.34. The van der Waals surface area contributed by atoms with Gasteiger partial charge in [0.2, 0.25) is 0 Å². The van der Waals surface area contributed by atoms with Crippen LogP contribution in [-0.2, 0) is 9.47 Å². The first-order valence-electron chi connectivity index (χ1n) is 14.3. The number of likely N-dealkylation sites (tertiary alicyclic amines) is 1. The molecule has 1 fully saturated rings. The highest BCUT2D eigenvalue weighted by molar-refractivity contribution is 5.88. The van der Waals surface area contributed by atoms with Gasteiger partial charge in [0.05, 0.1) is 18.2 Å². The molecule has 2 atom stereocenters. The minimum atomic E-state index is -1.44. The monoisotopic (exact) mass is 588 g/mol. The smallest absolute Gasteiger partial charge is 0.410 e. The molecule has 2 N–H and O–H groups in total. The van der Waals surface area contributed by atoms with Crippen molar-refractivity contribution in [1.82, 2.24) is 10.2 Å². The molecule has 3 aromatic carbocycles. The Balaban J connectivity index is 1.23. The van der Waals surface area contributed by atoms with E-state index in [0.717, 1.165) is 34.4 Å². The summed E-state index contributed by atoms with van der Waals surface area (Å²) in [4.78, 5) is 39.3. The maximum Gasteiger partial charge on any atom is 0.410 e. The summed E-state index contributed by atoms with van der Waals surface area (Å²) >= 11 is 0. The Morgan fingerprint density at radius 3 is 2.33 bits per heavy atom. The van der Waals surface area contributed by atoms with E-state index in [0.29, 0.717) is 18.5 Å². The summed E-state index contributed by atoms with van der Waals surface area (Å²) in [6, 6.07) is 17.5. The Morgan fingerprint density at radius 1 is 1.05 bits per heavy atom. The molecule has 0 bridgehead atoms. The van der Waals surface area contributed by atoms with E-state index in [1.807, 2.05) is 36.4 Å². The average molecular weight is 589 g/mol. The second-order valence-corrected chi connectivity index (χ2v) is 12.3. The van der Waals surface area contributed by atoms with E-state index < -0.39 is 46.8 Å². The van der Waals surface area contributed by atoms with Crippen molar-refractivity contribution in [2.45, 2.75) is 56.8 Å². The quantitative estimate of drug-likeness (QED) is 0.369. The van der Waals surface area contributed by atoms with E-state index in [-0.39, 0.29) is 31.2 Å². The Labute approximate surface area is 248 Å². The molecule has 0 saturated carbocycles. The predicted molar refractivity (Wildman–Crippen MR) is 155 cm³/mol. The van der Waals surface area contributed by atoms with Crippen LogP contribution in [-0.4, -0.2) is 59.1 Å². The van der Waals surface area contributed by atoms with Gasteiger partial charge >= 0.3 is 18.2 Å². The maximum absolute atomic E-state index is 14.8. The molecule has 1 aliphatic carbocycles. The minimum Gasteiger partial charge on any atom is -0.485 e. The van der Waals surface area contributed by atoms with Crippen LogP contribution in [0, 0.1) is 5.82 Å². The van der Waals surface area contributed by atoms with Gasteiger partial charge in [0.1, 0.15) is 29.4 Å². The zero-order valence-electron chi connectivity index (χ0n) is 24.2. The topological polar surface area (TPSA) is 114 Å². The summed E-state index contributed by atoms with van der Waals surface area (Å²) in [6.45, 7) is 5.93. The molecule has 2 aliphatic heterocycles. The maximum atomic E-state index is 14.8. The van der Waals surface area contributed by atoms with Gasteiger partial charge in [-0.05, 0) is 55.2 Å². The molecule has 9 nitrogen and oxygen atoms in total. The first kappa shape index (κ1) is 28.5. The van der Waals surface area contributed by atoms with Gasteiger partial charge in [-0.1, -0.05) is 48.5 Å². The molecule has 2 heterocycles. The Bertz CT molecular complexity index is 1570. The zero-order chi connectivity index (χ0) is 30.5. The van der Waals surface area contributed by atoms with Crippen molar-refractivity contribution in [2.24, 2.45) is 0 Å². The third kappa shape index (κ3) is 5.49. The first-order chi connectivity index (χ1) is 20.4. The van der Waals surface area contributed by atoms with E-state index in [9.17, 15) is 23.9 Å². The summed E-state index contributed by atoms with van der Waals surface area (Å²) in [5, 5.41) is 12.4. The van der Waals surface area contributed by atoms with Crippen molar-refractivity contribution in [3.63, 3.8) is 0 Å². The number of carbonyl (C=O) groups excluding carboxylic acids is 2. The summed E-state index contributed by atoms with van der Waals surface area (Å²) in [7, 11) is 0. The third-order valence-corrected chi connectivity index (χ3v) is 8.21. The van der Waals surface area contributed by atoms with Gasteiger partial charge in [-0.25, -0.2) is 18.8 Å². The van der Waals surface area contributed by atoms with Gasteiger partial charge in [0.15, 0.2) is 0 Å². The van der Waals surface area contributed by atoms with E-state index in [2.05, 4.69) is 17.4 Å². The number of carboxylic acids is 1. The number of amides is 2. The van der Waals surface area contributed by atoms with E-state index in [1.165, 1.54) is 4.90 Å². The van der Waals surface area contributed by atoms with Gasteiger partial charge in [-0.2, -0.15) is 0 Å². The first-order valence-corrected chi connectivity index (χ1v) is 14.3. The number of nitrogens with one attached hydrogen (secondary N) is 1. The van der Waals surface area contributed by atoms with Crippen LogP contribution in [0.4, 0.5) is 14.0 Å². The largest absolute Gasteiger partial charge is 0.485 e. The van der Waals surface area contributed by atoms with Gasteiger partial charge in [-0.3, -0.25) is 0 Å². The summed E-state index contributed by atoms with van der Waals surface area (Å²) < 4.78 is 32.4. The lowest BCUT2D eigenvalue weighted by atomic mass is 9.86. The number of halogens is 1. The van der Waals surface area contributed by atoms with Crippen LogP contribution in [0.5, 0.6) is 5.75 Å². The Hall–Kier alpha value is -4.60. The highest BCUT2D eigenvalue weighted by Gasteiger charge is 2.49. The molecular formula is C33H33FN2O7. The van der Waals surface area contributed by atoms with Crippen LogP contribution in [0.1, 0.15) is 72.6 Å². The van der Waals surface area contributed by atoms with Gasteiger partial charge in [-0.15, -0.1) is 0 Å². The molecule has 3 aromatic rings. The number of nitrogens with zero attached hydrogens (tertiary/aromatic N) is 1. The molecule has 43 heavy (non-hydrogen) atoms. The number of fused-ring (bicyclic) bond motifs is 4. The van der Waals surface area contributed by atoms with Crippen LogP contribution < -0.4 is 10.1 Å². The van der Waals surface area contributed by atoms with Gasteiger partial charge in [0, 0.05) is 30.9 Å². The molecule has 2 amide bonds. The number of carbonyl (C=O) groups is 3. The van der Waals surface area contributed by atoms with Crippen LogP contribution in [0.25, 0.3) is 11.1 Å². The third-order valence-electron chi connectivity index (χ3n) is 8.21.